The van der Waals surface area contributed by atoms with Crippen LogP contribution in [0.1, 0.15) is 40.0 Å². The number of carbonyl (C=O) groups excluding carboxylic acids is 1. The van der Waals surface area contributed by atoms with Crippen LogP contribution in [0.15, 0.2) is 0 Å². The smallest absolute Gasteiger partial charge is 0.223 e. The van der Waals surface area contributed by atoms with Gasteiger partial charge in [-0.05, 0) is 18.8 Å². The minimum Gasteiger partial charge on any atom is -0.339 e. The van der Waals surface area contributed by atoms with Gasteiger partial charge in [0, 0.05) is 19.0 Å². The largest absolute Gasteiger partial charge is 0.339 e. The van der Waals surface area contributed by atoms with Gasteiger partial charge in [0.25, 0.3) is 0 Å². The highest BCUT2D eigenvalue weighted by atomic mass is 32.2. The van der Waals surface area contributed by atoms with E-state index in [1.54, 1.807) is 4.90 Å². The molecule has 4 nitrogen and oxygen atoms in total. The molecule has 1 atom stereocenters. The molecular formula is C12H23NO3S. The lowest BCUT2D eigenvalue weighted by Gasteiger charge is -2.28. The molecule has 0 aromatic rings. The number of amides is 1. The van der Waals surface area contributed by atoms with Crippen LogP contribution in [-0.2, 0) is 14.6 Å². The van der Waals surface area contributed by atoms with Gasteiger partial charge in [-0.2, -0.15) is 0 Å². The molecule has 100 valence electrons. The molecule has 1 aliphatic rings. The van der Waals surface area contributed by atoms with Crippen molar-refractivity contribution in [1.29, 1.82) is 0 Å². The fourth-order valence-electron chi connectivity index (χ4n) is 2.24. The SMILES string of the molecule is CCCN(C(=O)CC(C)C)C1CCS(=O)(=O)C1. The first kappa shape index (κ1) is 14.5. The average molecular weight is 261 g/mol. The molecule has 0 radical (unpaired) electrons. The standard InChI is InChI=1S/C12H23NO3S/c1-4-6-13(12(14)8-10(2)3)11-5-7-17(15,16)9-11/h10-11H,4-9H2,1-3H3. The van der Waals surface area contributed by atoms with Gasteiger partial charge in [0.05, 0.1) is 11.5 Å². The van der Waals surface area contributed by atoms with Gasteiger partial charge in [-0.3, -0.25) is 4.79 Å². The van der Waals surface area contributed by atoms with E-state index < -0.39 is 9.84 Å². The van der Waals surface area contributed by atoms with E-state index in [-0.39, 0.29) is 23.5 Å². The van der Waals surface area contributed by atoms with Gasteiger partial charge in [0.2, 0.25) is 5.91 Å². The second-order valence-corrected chi connectivity index (χ2v) is 7.47. The van der Waals surface area contributed by atoms with Crippen molar-refractivity contribution in [3.8, 4) is 0 Å². The molecule has 0 N–H and O–H groups in total. The number of carbonyl (C=O) groups is 1. The summed E-state index contributed by atoms with van der Waals surface area (Å²) < 4.78 is 22.9. The van der Waals surface area contributed by atoms with Gasteiger partial charge in [0.15, 0.2) is 9.84 Å². The highest BCUT2D eigenvalue weighted by Gasteiger charge is 2.34. The highest BCUT2D eigenvalue weighted by Crippen LogP contribution is 2.19. The van der Waals surface area contributed by atoms with Crippen molar-refractivity contribution in [3.63, 3.8) is 0 Å². The third-order valence-electron chi connectivity index (χ3n) is 3.02. The molecule has 17 heavy (non-hydrogen) atoms. The summed E-state index contributed by atoms with van der Waals surface area (Å²) in [4.78, 5) is 13.9. The first-order valence-electron chi connectivity index (χ1n) is 6.35. The van der Waals surface area contributed by atoms with Crippen LogP contribution >= 0.6 is 0 Å². The molecule has 0 aromatic carbocycles. The zero-order chi connectivity index (χ0) is 13.1. The van der Waals surface area contributed by atoms with E-state index in [0.717, 1.165) is 6.42 Å². The van der Waals surface area contributed by atoms with Gasteiger partial charge in [-0.15, -0.1) is 0 Å². The Morgan fingerprint density at radius 2 is 2.06 bits per heavy atom. The second kappa shape index (κ2) is 5.85. The Balaban J connectivity index is 2.69. The minimum atomic E-state index is -2.91. The molecule has 1 unspecified atom stereocenters. The summed E-state index contributed by atoms with van der Waals surface area (Å²) in [6.45, 7) is 6.70. The molecular weight excluding hydrogens is 238 g/mol. The van der Waals surface area contributed by atoms with Crippen LogP contribution < -0.4 is 0 Å². The fourth-order valence-corrected chi connectivity index (χ4v) is 3.97. The van der Waals surface area contributed by atoms with E-state index in [4.69, 9.17) is 0 Å². The zero-order valence-electron chi connectivity index (χ0n) is 11.0. The predicted molar refractivity (Wildman–Crippen MR) is 68.5 cm³/mol. The first-order chi connectivity index (χ1) is 7.85. The van der Waals surface area contributed by atoms with E-state index in [9.17, 15) is 13.2 Å². The maximum atomic E-state index is 12.1. The van der Waals surface area contributed by atoms with Crippen LogP contribution in [0, 0.1) is 5.92 Å². The van der Waals surface area contributed by atoms with E-state index in [1.807, 2.05) is 20.8 Å². The summed E-state index contributed by atoms with van der Waals surface area (Å²) >= 11 is 0. The highest BCUT2D eigenvalue weighted by molar-refractivity contribution is 7.91. The van der Waals surface area contributed by atoms with E-state index in [1.165, 1.54) is 0 Å². The quantitative estimate of drug-likeness (QED) is 0.753. The molecule has 0 aromatic heterocycles. The van der Waals surface area contributed by atoms with Crippen molar-refractivity contribution in [3.05, 3.63) is 0 Å². The predicted octanol–water partition coefficient (Wildman–Crippen LogP) is 1.46. The fraction of sp³-hybridized carbons (Fsp3) is 0.917. The molecule has 1 heterocycles. The zero-order valence-corrected chi connectivity index (χ0v) is 11.8. The number of hydrogen-bond acceptors (Lipinski definition) is 3. The summed E-state index contributed by atoms with van der Waals surface area (Å²) in [5.74, 6) is 0.799. The number of nitrogens with zero attached hydrogens (tertiary/aromatic N) is 1. The molecule has 1 saturated heterocycles. The number of hydrogen-bond donors (Lipinski definition) is 0. The topological polar surface area (TPSA) is 54.5 Å². The summed E-state index contributed by atoms with van der Waals surface area (Å²) in [6, 6.07) is -0.0915. The van der Waals surface area contributed by atoms with E-state index >= 15 is 0 Å². The minimum absolute atomic E-state index is 0.0915. The third kappa shape index (κ3) is 4.30. The lowest BCUT2D eigenvalue weighted by molar-refractivity contribution is -0.133. The number of sulfone groups is 1. The molecule has 1 aliphatic heterocycles. The normalized spacial score (nSPS) is 22.9. The Labute approximate surface area is 104 Å². The number of rotatable bonds is 5. The van der Waals surface area contributed by atoms with Gasteiger partial charge >= 0.3 is 0 Å². The van der Waals surface area contributed by atoms with Gasteiger partial charge < -0.3 is 4.90 Å². The van der Waals surface area contributed by atoms with Crippen molar-refractivity contribution < 1.29 is 13.2 Å². The summed E-state index contributed by atoms with van der Waals surface area (Å²) in [5.41, 5.74) is 0. The van der Waals surface area contributed by atoms with Gasteiger partial charge in [-0.1, -0.05) is 20.8 Å². The lowest BCUT2D eigenvalue weighted by atomic mass is 10.1. The lowest BCUT2D eigenvalue weighted by Crippen LogP contribution is -2.42. The van der Waals surface area contributed by atoms with Crippen molar-refractivity contribution in [2.24, 2.45) is 5.92 Å². The van der Waals surface area contributed by atoms with Crippen LogP contribution in [0.4, 0.5) is 0 Å². The van der Waals surface area contributed by atoms with Gasteiger partial charge in [-0.25, -0.2) is 8.42 Å². The summed E-state index contributed by atoms with van der Waals surface area (Å²) in [5, 5.41) is 0. The Kier molecular flexibility index (Phi) is 4.98. The molecule has 1 fully saturated rings. The Morgan fingerprint density at radius 3 is 2.47 bits per heavy atom. The van der Waals surface area contributed by atoms with Crippen LogP contribution in [0.3, 0.4) is 0 Å². The molecule has 0 saturated carbocycles. The molecule has 0 aliphatic carbocycles. The Morgan fingerprint density at radius 1 is 1.41 bits per heavy atom. The van der Waals surface area contributed by atoms with Crippen LogP contribution in [0.5, 0.6) is 0 Å². The van der Waals surface area contributed by atoms with Crippen LogP contribution in [-0.4, -0.2) is 43.3 Å². The summed E-state index contributed by atoms with van der Waals surface area (Å²) in [7, 11) is -2.91. The summed E-state index contributed by atoms with van der Waals surface area (Å²) in [6.07, 6.45) is 1.99. The molecule has 1 rings (SSSR count). The maximum Gasteiger partial charge on any atom is 0.223 e. The van der Waals surface area contributed by atoms with Crippen molar-refractivity contribution in [2.75, 3.05) is 18.1 Å². The third-order valence-corrected chi connectivity index (χ3v) is 4.77. The average Bonchev–Trinajstić information content (AvgIpc) is 2.53. The molecule has 1 amide bonds. The van der Waals surface area contributed by atoms with E-state index in [2.05, 4.69) is 0 Å². The molecule has 0 bridgehead atoms. The monoisotopic (exact) mass is 261 g/mol. The van der Waals surface area contributed by atoms with E-state index in [0.29, 0.717) is 25.3 Å². The first-order valence-corrected chi connectivity index (χ1v) is 8.17. The second-order valence-electron chi connectivity index (χ2n) is 5.24. The van der Waals surface area contributed by atoms with Crippen molar-refractivity contribution >= 4 is 15.7 Å². The van der Waals surface area contributed by atoms with Crippen LogP contribution in [0.25, 0.3) is 0 Å². The Bertz CT molecular complexity index is 362. The molecule has 5 heteroatoms. The maximum absolute atomic E-state index is 12.1. The van der Waals surface area contributed by atoms with Gasteiger partial charge in [0.1, 0.15) is 0 Å². The van der Waals surface area contributed by atoms with Crippen molar-refractivity contribution in [2.45, 2.75) is 46.1 Å². The molecule has 0 spiro atoms. The van der Waals surface area contributed by atoms with Crippen LogP contribution in [0.2, 0.25) is 0 Å². The Hall–Kier alpha value is -0.580. The van der Waals surface area contributed by atoms with Crippen molar-refractivity contribution in [1.82, 2.24) is 4.90 Å².